The number of primary amides is 1. The lowest BCUT2D eigenvalue weighted by atomic mass is 9.84. The molecule has 326 valence electrons. The number of unbranched alkanes of at least 4 members (excludes halogenated alkanes) is 1. The van der Waals surface area contributed by atoms with Crippen LogP contribution in [0.4, 0.5) is 0 Å². The molecule has 1 aromatic rings. The molecule has 6 atom stereocenters. The van der Waals surface area contributed by atoms with Crippen LogP contribution in [-0.4, -0.2) is 102 Å². The number of nitrogens with zero attached hydrogens (tertiary/aromatic N) is 3. The number of nitrogens with one attached hydrogen (secondary N) is 4. The molecule has 4 rings (SSSR count). The number of halogens is 1. The summed E-state index contributed by atoms with van der Waals surface area (Å²) in [7, 11) is 0. The highest BCUT2D eigenvalue weighted by molar-refractivity contribution is 6.30. The zero-order valence-corrected chi connectivity index (χ0v) is 34.6. The van der Waals surface area contributed by atoms with E-state index in [-0.39, 0.29) is 61.5 Å². The van der Waals surface area contributed by atoms with Crippen LogP contribution >= 0.6 is 11.6 Å². The third kappa shape index (κ3) is 15.2. The van der Waals surface area contributed by atoms with E-state index in [1.54, 1.807) is 29.2 Å². The van der Waals surface area contributed by atoms with Gasteiger partial charge in [0.1, 0.15) is 30.2 Å². The monoisotopic (exact) mass is 842 g/mol. The molecule has 2 saturated heterocycles. The molecule has 2 heterocycles. The van der Waals surface area contributed by atoms with Crippen LogP contribution in [0.5, 0.6) is 0 Å². The molecule has 1 aliphatic carbocycles. The molecule has 18 nitrogen and oxygen atoms in total. The molecule has 3 aliphatic rings. The zero-order valence-electron chi connectivity index (χ0n) is 33.8. The topological polar surface area (TPSA) is 309 Å². The minimum Gasteiger partial charge on any atom is -0.370 e. The van der Waals surface area contributed by atoms with Gasteiger partial charge >= 0.3 is 0 Å². The van der Waals surface area contributed by atoms with E-state index in [1.807, 2.05) is 0 Å². The molecule has 0 unspecified atom stereocenters. The van der Waals surface area contributed by atoms with Gasteiger partial charge in [-0.15, -0.1) is 0 Å². The van der Waals surface area contributed by atoms with Gasteiger partial charge in [0.25, 0.3) is 0 Å². The van der Waals surface area contributed by atoms with Gasteiger partial charge in [-0.2, -0.15) is 0 Å². The number of hydrogen-bond acceptors (Lipinski definition) is 8. The van der Waals surface area contributed by atoms with E-state index in [0.717, 1.165) is 32.1 Å². The lowest BCUT2D eigenvalue weighted by Gasteiger charge is -2.46. The number of guanidine groups is 2. The molecule has 0 aromatic heterocycles. The predicted octanol–water partition coefficient (Wildman–Crippen LogP) is 0.318. The maximum Gasteiger partial charge on any atom is 0.246 e. The van der Waals surface area contributed by atoms with E-state index in [2.05, 4.69) is 31.3 Å². The SMILES string of the molecule is NC(=O)[C@@H](Cc1ccc(Cl)cc1)NC(=O)[C@@H](CCCN=C(N)N)NC(=O)[C@@H]1CCC[C@@H]2CC[C@H](NC(=O)[C@@H](CC3CCCCC3)NC(=O)CCCCN=C(N)N)C(=O)N21. The summed E-state index contributed by atoms with van der Waals surface area (Å²) >= 11 is 6.01. The average molecular weight is 843 g/mol. The molecule has 1 aromatic carbocycles. The smallest absolute Gasteiger partial charge is 0.246 e. The van der Waals surface area contributed by atoms with Gasteiger partial charge in [-0.3, -0.25) is 38.8 Å². The highest BCUT2D eigenvalue weighted by atomic mass is 35.5. The Morgan fingerprint density at radius 3 is 2.07 bits per heavy atom. The lowest BCUT2D eigenvalue weighted by molar-refractivity contribution is -0.152. The summed E-state index contributed by atoms with van der Waals surface area (Å²) in [5.41, 5.74) is 28.1. The van der Waals surface area contributed by atoms with Crippen molar-refractivity contribution in [2.24, 2.45) is 44.6 Å². The Hall–Kier alpha value is -5.13. The largest absolute Gasteiger partial charge is 0.370 e. The number of nitrogens with two attached hydrogens (primary N) is 5. The summed E-state index contributed by atoms with van der Waals surface area (Å²) in [6.07, 6.45) is 10.2. The van der Waals surface area contributed by atoms with Crippen LogP contribution < -0.4 is 49.9 Å². The van der Waals surface area contributed by atoms with E-state index in [1.165, 1.54) is 0 Å². The van der Waals surface area contributed by atoms with Crippen LogP contribution in [-0.2, 0) is 35.2 Å². The fraction of sp³-hybridized carbons (Fsp3) is 0.650. The van der Waals surface area contributed by atoms with Gasteiger partial charge in [0, 0.05) is 37.0 Å². The molecule has 3 fully saturated rings. The fourth-order valence-corrected chi connectivity index (χ4v) is 8.40. The predicted molar refractivity (Wildman–Crippen MR) is 225 cm³/mol. The summed E-state index contributed by atoms with van der Waals surface area (Å²) in [4.78, 5) is 91.0. The molecule has 1 saturated carbocycles. The van der Waals surface area contributed by atoms with E-state index in [0.29, 0.717) is 74.9 Å². The van der Waals surface area contributed by atoms with E-state index in [4.69, 9.17) is 40.3 Å². The number of aliphatic imine (C=N–C) groups is 2. The second kappa shape index (κ2) is 23.5. The summed E-state index contributed by atoms with van der Waals surface area (Å²) < 4.78 is 0. The van der Waals surface area contributed by atoms with Crippen molar-refractivity contribution < 1.29 is 28.8 Å². The van der Waals surface area contributed by atoms with Crippen LogP contribution in [0.25, 0.3) is 0 Å². The summed E-state index contributed by atoms with van der Waals surface area (Å²) in [6, 6.07) is 1.69. The number of carbonyl (C=O) groups excluding carboxylic acids is 6. The van der Waals surface area contributed by atoms with Crippen molar-refractivity contribution in [1.29, 1.82) is 0 Å². The first kappa shape index (κ1) is 46.6. The summed E-state index contributed by atoms with van der Waals surface area (Å²) in [6.45, 7) is 0.585. The minimum absolute atomic E-state index is 0.0110. The van der Waals surface area contributed by atoms with Crippen molar-refractivity contribution in [3.05, 3.63) is 34.9 Å². The lowest BCUT2D eigenvalue weighted by Crippen LogP contribution is -2.65. The summed E-state index contributed by atoms with van der Waals surface area (Å²) in [5, 5.41) is 11.9. The third-order valence-corrected chi connectivity index (χ3v) is 11.6. The highest BCUT2D eigenvalue weighted by Crippen LogP contribution is 2.32. The third-order valence-electron chi connectivity index (χ3n) is 11.3. The van der Waals surface area contributed by atoms with Gasteiger partial charge in [-0.1, -0.05) is 55.8 Å². The zero-order chi connectivity index (χ0) is 42.9. The second-order valence-electron chi connectivity index (χ2n) is 15.9. The Balaban J connectivity index is 1.45. The van der Waals surface area contributed by atoms with Crippen molar-refractivity contribution in [2.75, 3.05) is 13.1 Å². The van der Waals surface area contributed by atoms with Crippen molar-refractivity contribution >= 4 is 59.0 Å². The number of benzene rings is 1. The van der Waals surface area contributed by atoms with Gasteiger partial charge in [-0.05, 0) is 87.8 Å². The number of carbonyl (C=O) groups is 6. The standard InChI is InChI=1S/C40H63ClN12O6/c41-26-16-14-25(15-17-26)22-30(34(42)55)52-35(56)28(11-7-21-48-40(45)46)50-37(58)32-12-6-10-27-18-19-29(38(59)53(27)32)51-36(57)31(23-24-8-2-1-3-9-24)49-33(54)13-4-5-20-47-39(43)44/h14-17,24,27-32H,1-13,18-23H2,(H2,42,55)(H,49,54)(H,50,58)(H,51,57)(H,52,56)(H4,43,44,47)(H4,45,46,48)/t27-,28-,29+,30-,31-,32+/m1/s1. The Labute approximate surface area is 351 Å². The number of hydrogen-bond donors (Lipinski definition) is 9. The molecule has 14 N–H and O–H groups in total. The van der Waals surface area contributed by atoms with Crippen LogP contribution in [0.3, 0.4) is 0 Å². The first-order chi connectivity index (χ1) is 28.2. The van der Waals surface area contributed by atoms with Crippen molar-refractivity contribution in [1.82, 2.24) is 26.2 Å². The highest BCUT2D eigenvalue weighted by Gasteiger charge is 2.45. The molecular formula is C40H63ClN12O6. The van der Waals surface area contributed by atoms with Gasteiger partial charge in [0.2, 0.25) is 35.4 Å². The van der Waals surface area contributed by atoms with Crippen molar-refractivity contribution in [2.45, 2.75) is 145 Å². The Morgan fingerprint density at radius 1 is 0.729 bits per heavy atom. The molecule has 0 bridgehead atoms. The first-order valence-corrected chi connectivity index (χ1v) is 21.3. The maximum atomic E-state index is 14.2. The van der Waals surface area contributed by atoms with Gasteiger partial charge in [-0.25, -0.2) is 0 Å². The van der Waals surface area contributed by atoms with Crippen molar-refractivity contribution in [3.63, 3.8) is 0 Å². The van der Waals surface area contributed by atoms with Crippen LogP contribution in [0.15, 0.2) is 34.3 Å². The Kier molecular flexibility index (Phi) is 18.5. The van der Waals surface area contributed by atoms with Crippen LogP contribution in [0.2, 0.25) is 5.02 Å². The number of amides is 6. The minimum atomic E-state index is -1.12. The number of fused-ring (bicyclic) bond motifs is 1. The van der Waals surface area contributed by atoms with Gasteiger partial charge in [0.15, 0.2) is 11.9 Å². The fourth-order valence-electron chi connectivity index (χ4n) is 8.27. The average Bonchev–Trinajstić information content (AvgIpc) is 3.20. The second-order valence-corrected chi connectivity index (χ2v) is 16.3. The van der Waals surface area contributed by atoms with Crippen LogP contribution in [0.1, 0.15) is 108 Å². The quantitative estimate of drug-likeness (QED) is 0.0464. The van der Waals surface area contributed by atoms with Crippen LogP contribution in [0, 0.1) is 5.92 Å². The van der Waals surface area contributed by atoms with Gasteiger partial charge < -0.3 is 54.8 Å². The maximum absolute atomic E-state index is 14.2. The Morgan fingerprint density at radius 2 is 1.41 bits per heavy atom. The molecule has 2 aliphatic heterocycles. The molecule has 0 radical (unpaired) electrons. The normalized spacial score (nSPS) is 20.8. The molecule has 0 spiro atoms. The number of piperidine rings is 2. The first-order valence-electron chi connectivity index (χ1n) is 20.9. The van der Waals surface area contributed by atoms with Crippen molar-refractivity contribution in [3.8, 4) is 0 Å². The number of rotatable bonds is 21. The van der Waals surface area contributed by atoms with Gasteiger partial charge in [0.05, 0.1) is 0 Å². The van der Waals surface area contributed by atoms with E-state index in [9.17, 15) is 28.8 Å². The van der Waals surface area contributed by atoms with E-state index >= 15 is 0 Å². The van der Waals surface area contributed by atoms with E-state index < -0.39 is 53.8 Å². The Bertz CT molecular complexity index is 1660. The summed E-state index contributed by atoms with van der Waals surface area (Å²) in [5.74, 6) is -2.88. The molecule has 6 amide bonds. The molecule has 59 heavy (non-hydrogen) atoms. The molecule has 19 heteroatoms. The molecular weight excluding hydrogens is 780 g/mol.